The van der Waals surface area contributed by atoms with Crippen molar-refractivity contribution in [3.05, 3.63) is 78.0 Å². The van der Waals surface area contributed by atoms with Crippen LogP contribution in [0, 0.1) is 11.6 Å². The van der Waals surface area contributed by atoms with E-state index >= 15 is 0 Å². The zero-order valence-electron chi connectivity index (χ0n) is 23.9. The molecule has 5 rings (SSSR count). The molecule has 0 saturated carbocycles. The molecule has 4 aromatic rings. The summed E-state index contributed by atoms with van der Waals surface area (Å²) in [6.45, 7) is 10.7. The van der Waals surface area contributed by atoms with Crippen LogP contribution in [0.5, 0.6) is 11.5 Å². The number of rotatable bonds is 10. The first kappa shape index (κ1) is 28.9. The number of primary amides is 1. The monoisotopic (exact) mass is 576 g/mol. The minimum absolute atomic E-state index is 0.0975. The highest BCUT2D eigenvalue weighted by Crippen LogP contribution is 2.34. The molecule has 9 nitrogen and oxygen atoms in total. The molecule has 1 fully saturated rings. The lowest BCUT2D eigenvalue weighted by atomic mass is 10.0. The van der Waals surface area contributed by atoms with Gasteiger partial charge in [0.2, 0.25) is 5.91 Å². The molecule has 0 spiro atoms. The van der Waals surface area contributed by atoms with Crippen molar-refractivity contribution in [1.29, 1.82) is 0 Å². The van der Waals surface area contributed by atoms with E-state index in [0.717, 1.165) is 38.4 Å². The molecule has 0 atom stereocenters. The van der Waals surface area contributed by atoms with E-state index in [9.17, 15) is 13.6 Å². The summed E-state index contributed by atoms with van der Waals surface area (Å²) in [5.41, 5.74) is 9.12. The van der Waals surface area contributed by atoms with E-state index in [0.29, 0.717) is 28.1 Å². The quantitative estimate of drug-likeness (QED) is 0.263. The minimum atomic E-state index is -0.790. The molecule has 1 saturated heterocycles. The second-order valence-electron chi connectivity index (χ2n) is 10.1. The van der Waals surface area contributed by atoms with Crippen LogP contribution in [0.3, 0.4) is 0 Å². The number of ether oxygens (including phenoxy) is 2. The van der Waals surface area contributed by atoms with E-state index in [4.69, 9.17) is 15.2 Å². The van der Waals surface area contributed by atoms with Crippen molar-refractivity contribution in [3.8, 4) is 11.5 Å². The van der Waals surface area contributed by atoms with Crippen molar-refractivity contribution in [2.75, 3.05) is 57.2 Å². The molecule has 0 unspecified atom stereocenters. The number of hydrogen-bond acceptors (Lipinski definition) is 7. The van der Waals surface area contributed by atoms with Crippen molar-refractivity contribution in [1.82, 2.24) is 14.5 Å². The van der Waals surface area contributed by atoms with Gasteiger partial charge in [-0.05, 0) is 42.9 Å². The second kappa shape index (κ2) is 12.1. The number of nitrogens with zero attached hydrogens (tertiary/aromatic N) is 4. The summed E-state index contributed by atoms with van der Waals surface area (Å²) in [7, 11) is 2.63. The molecule has 3 N–H and O–H groups in total. The maximum Gasteiger partial charge on any atom is 0.248 e. The van der Waals surface area contributed by atoms with Gasteiger partial charge in [0.15, 0.2) is 23.1 Å². The van der Waals surface area contributed by atoms with Gasteiger partial charge in [-0.3, -0.25) is 4.79 Å². The van der Waals surface area contributed by atoms with Crippen LogP contribution in [0.2, 0.25) is 0 Å². The molecular formula is C31H34F2N6O3. The number of aromatic nitrogens is 2. The third-order valence-electron chi connectivity index (χ3n) is 7.69. The molecule has 42 heavy (non-hydrogen) atoms. The van der Waals surface area contributed by atoms with E-state index in [1.807, 2.05) is 24.3 Å². The van der Waals surface area contributed by atoms with Gasteiger partial charge in [0.05, 0.1) is 37.4 Å². The first-order valence-corrected chi connectivity index (χ1v) is 13.7. The molecule has 2 aromatic heterocycles. The fourth-order valence-electron chi connectivity index (χ4n) is 5.21. The average Bonchev–Trinajstić information content (AvgIpc) is 3.41. The average molecular weight is 577 g/mol. The molecule has 1 aliphatic heterocycles. The van der Waals surface area contributed by atoms with Gasteiger partial charge in [-0.25, -0.2) is 13.8 Å². The number of hydrogen-bond donors (Lipinski definition) is 2. The first-order valence-electron chi connectivity index (χ1n) is 13.7. The zero-order chi connectivity index (χ0) is 30.0. The van der Waals surface area contributed by atoms with Crippen LogP contribution in [-0.4, -0.2) is 67.3 Å². The number of methoxy groups -OCH3 is 2. The van der Waals surface area contributed by atoms with Gasteiger partial charge in [0, 0.05) is 61.0 Å². The maximum absolute atomic E-state index is 15.0. The van der Waals surface area contributed by atoms with Crippen molar-refractivity contribution in [2.45, 2.75) is 13.5 Å². The number of halogens is 2. The summed E-state index contributed by atoms with van der Waals surface area (Å²) in [6.07, 6.45) is 1.71. The predicted molar refractivity (Wildman–Crippen MR) is 161 cm³/mol. The van der Waals surface area contributed by atoms with Gasteiger partial charge in [-0.15, -0.1) is 0 Å². The van der Waals surface area contributed by atoms with Crippen LogP contribution in [0.1, 0.15) is 18.1 Å². The Bertz CT molecular complexity index is 1620. The molecule has 1 aliphatic rings. The largest absolute Gasteiger partial charge is 0.494 e. The van der Waals surface area contributed by atoms with Crippen LogP contribution >= 0.6 is 0 Å². The summed E-state index contributed by atoms with van der Waals surface area (Å²) >= 11 is 0. The van der Waals surface area contributed by atoms with Gasteiger partial charge in [0.25, 0.3) is 0 Å². The standard InChI is InChI=1S/C31H34F2N6O3/c1-5-37-12-14-38(15-13-37)20-6-7-23(21(16-20)19(2)31(34)40)35-28-9-8-25-24(36-28)10-11-39(25)18-22-29(32)26(41-3)17-27(42-4)30(22)33/h6-11,16-17H,2,5,12-15,18H2,1,3-4H3,(H2,34,40)(H,35,36). The number of amides is 1. The Hall–Kier alpha value is -4.64. The summed E-state index contributed by atoms with van der Waals surface area (Å²) in [5.74, 6) is -1.88. The molecule has 1 amide bonds. The number of anilines is 3. The van der Waals surface area contributed by atoms with Crippen LogP contribution in [0.25, 0.3) is 16.6 Å². The molecule has 220 valence electrons. The number of piperazine rings is 1. The van der Waals surface area contributed by atoms with Crippen molar-refractivity contribution < 1.29 is 23.0 Å². The number of nitrogens with one attached hydrogen (secondary N) is 1. The Kier molecular flexibility index (Phi) is 8.30. The Morgan fingerprint density at radius 2 is 1.71 bits per heavy atom. The lowest BCUT2D eigenvalue weighted by Crippen LogP contribution is -2.46. The number of fused-ring (bicyclic) bond motifs is 1. The third kappa shape index (κ3) is 5.60. The van der Waals surface area contributed by atoms with Gasteiger partial charge in [-0.2, -0.15) is 0 Å². The molecule has 0 bridgehead atoms. The summed E-state index contributed by atoms with van der Waals surface area (Å²) in [5, 5.41) is 3.29. The van der Waals surface area contributed by atoms with E-state index < -0.39 is 17.5 Å². The predicted octanol–water partition coefficient (Wildman–Crippen LogP) is 4.76. The second-order valence-corrected chi connectivity index (χ2v) is 10.1. The fraction of sp³-hybridized carbons (Fsp3) is 0.290. The zero-order valence-corrected chi connectivity index (χ0v) is 23.9. The minimum Gasteiger partial charge on any atom is -0.494 e. The normalized spacial score (nSPS) is 13.8. The van der Waals surface area contributed by atoms with E-state index in [1.165, 1.54) is 20.3 Å². The Balaban J connectivity index is 1.42. The van der Waals surface area contributed by atoms with Gasteiger partial charge < -0.3 is 34.9 Å². The fourth-order valence-corrected chi connectivity index (χ4v) is 5.21. The lowest BCUT2D eigenvalue weighted by molar-refractivity contribution is -0.112. The Morgan fingerprint density at radius 3 is 2.33 bits per heavy atom. The lowest BCUT2D eigenvalue weighted by Gasteiger charge is -2.35. The SMILES string of the molecule is C=C(C(N)=O)c1cc(N2CCN(CC)CC2)ccc1Nc1ccc2c(ccn2Cc2c(F)c(OC)cc(OC)c2F)n1. The smallest absolute Gasteiger partial charge is 0.248 e. The number of carbonyl (C=O) groups excluding carboxylic acids is 1. The van der Waals surface area contributed by atoms with Gasteiger partial charge in [-0.1, -0.05) is 13.5 Å². The first-order chi connectivity index (χ1) is 20.2. The summed E-state index contributed by atoms with van der Waals surface area (Å²) < 4.78 is 41.8. The van der Waals surface area contributed by atoms with Crippen LogP contribution in [0.4, 0.5) is 26.0 Å². The van der Waals surface area contributed by atoms with Crippen LogP contribution in [-0.2, 0) is 11.3 Å². The topological polar surface area (TPSA) is 97.9 Å². The Labute approximate surface area is 243 Å². The van der Waals surface area contributed by atoms with E-state index in [-0.39, 0.29) is 29.2 Å². The number of carbonyl (C=O) groups is 1. The summed E-state index contributed by atoms with van der Waals surface area (Å²) in [6, 6.07) is 12.3. The number of likely N-dealkylation sites (N-methyl/N-ethyl adjacent to an activating group) is 1. The van der Waals surface area contributed by atoms with Gasteiger partial charge >= 0.3 is 0 Å². The van der Waals surface area contributed by atoms with Crippen LogP contribution in [0.15, 0.2) is 55.2 Å². The Morgan fingerprint density at radius 1 is 1.02 bits per heavy atom. The number of pyridine rings is 1. The molecule has 0 radical (unpaired) electrons. The van der Waals surface area contributed by atoms with E-state index in [1.54, 1.807) is 22.9 Å². The van der Waals surface area contributed by atoms with Crippen molar-refractivity contribution in [2.24, 2.45) is 5.73 Å². The highest BCUT2D eigenvalue weighted by molar-refractivity contribution is 6.19. The summed E-state index contributed by atoms with van der Waals surface area (Å²) in [4.78, 5) is 21.5. The highest BCUT2D eigenvalue weighted by atomic mass is 19.1. The molecule has 11 heteroatoms. The van der Waals surface area contributed by atoms with Crippen molar-refractivity contribution in [3.63, 3.8) is 0 Å². The van der Waals surface area contributed by atoms with Gasteiger partial charge in [0.1, 0.15) is 5.82 Å². The number of benzene rings is 2. The molecule has 0 aliphatic carbocycles. The maximum atomic E-state index is 15.0. The molecule has 2 aromatic carbocycles. The van der Waals surface area contributed by atoms with Crippen LogP contribution < -0.4 is 25.4 Å². The molecule has 3 heterocycles. The number of nitrogens with two attached hydrogens (primary N) is 1. The van der Waals surface area contributed by atoms with E-state index in [2.05, 4.69) is 33.6 Å². The molecular weight excluding hydrogens is 542 g/mol. The van der Waals surface area contributed by atoms with Crippen molar-refractivity contribution >= 4 is 39.7 Å². The highest BCUT2D eigenvalue weighted by Gasteiger charge is 2.22. The third-order valence-corrected chi connectivity index (χ3v) is 7.69.